The molecule has 1 amide bonds. The van der Waals surface area contributed by atoms with Gasteiger partial charge in [-0.2, -0.15) is 5.26 Å². The molecule has 0 aliphatic heterocycles. The smallest absolute Gasteiger partial charge is 0.249 e. The Morgan fingerprint density at radius 3 is 2.71 bits per heavy atom. The molecular weight excluding hydrogens is 266 g/mol. The van der Waals surface area contributed by atoms with E-state index in [1.54, 1.807) is 13.8 Å². The molecule has 2 aromatic rings. The summed E-state index contributed by atoms with van der Waals surface area (Å²) in [4.78, 5) is 12.3. The summed E-state index contributed by atoms with van der Waals surface area (Å²) in [5, 5.41) is 19.4. The van der Waals surface area contributed by atoms with Gasteiger partial charge >= 0.3 is 0 Å². The molecule has 0 bridgehead atoms. The van der Waals surface area contributed by atoms with Gasteiger partial charge in [-0.1, -0.05) is 17.3 Å². The fraction of sp³-hybridized carbons (Fsp3) is 0.333. The van der Waals surface area contributed by atoms with Crippen molar-refractivity contribution < 1.29 is 4.79 Å². The molecule has 21 heavy (non-hydrogen) atoms. The van der Waals surface area contributed by atoms with E-state index in [0.29, 0.717) is 5.69 Å². The summed E-state index contributed by atoms with van der Waals surface area (Å²) in [5.41, 5.74) is 3.68. The summed E-state index contributed by atoms with van der Waals surface area (Å²) in [6.07, 6.45) is 0. The Labute approximate surface area is 123 Å². The fourth-order valence-corrected chi connectivity index (χ4v) is 2.03. The zero-order chi connectivity index (χ0) is 15.6. The average Bonchev–Trinajstić information content (AvgIpc) is 2.83. The lowest BCUT2D eigenvalue weighted by molar-refractivity contribution is -0.119. The minimum absolute atomic E-state index is 0.193. The third-order valence-electron chi connectivity index (χ3n) is 3.43. The number of hydrogen-bond donors (Lipinski definition) is 1. The molecule has 1 aromatic carbocycles. The highest BCUT2D eigenvalue weighted by Crippen LogP contribution is 2.19. The van der Waals surface area contributed by atoms with E-state index >= 15 is 0 Å². The van der Waals surface area contributed by atoms with Crippen molar-refractivity contribution >= 4 is 11.6 Å². The molecular formula is C15H17N5O. The van der Waals surface area contributed by atoms with Crippen LogP contribution in [-0.2, 0) is 4.79 Å². The number of nitrogens with one attached hydrogen (secondary N) is 1. The predicted molar refractivity (Wildman–Crippen MR) is 78.7 cm³/mol. The van der Waals surface area contributed by atoms with Crippen molar-refractivity contribution in [2.24, 2.45) is 0 Å². The number of hydrogen-bond acceptors (Lipinski definition) is 4. The van der Waals surface area contributed by atoms with Gasteiger partial charge in [-0.15, -0.1) is 5.10 Å². The molecule has 108 valence electrons. The van der Waals surface area contributed by atoms with Crippen LogP contribution in [-0.4, -0.2) is 20.9 Å². The Hall–Kier alpha value is -2.68. The quantitative estimate of drug-likeness (QED) is 0.936. The molecule has 1 heterocycles. The Balaban J connectivity index is 2.22. The number of anilines is 1. The molecule has 0 aliphatic carbocycles. The van der Waals surface area contributed by atoms with Crippen LogP contribution in [0.5, 0.6) is 0 Å². The van der Waals surface area contributed by atoms with Crippen LogP contribution in [0.25, 0.3) is 0 Å². The van der Waals surface area contributed by atoms with E-state index in [1.807, 2.05) is 38.1 Å². The monoisotopic (exact) mass is 283 g/mol. The first-order chi connectivity index (χ1) is 9.93. The van der Waals surface area contributed by atoms with Gasteiger partial charge in [-0.05, 0) is 44.9 Å². The molecule has 6 nitrogen and oxygen atoms in total. The summed E-state index contributed by atoms with van der Waals surface area (Å²) in [6.45, 7) is 7.36. The van der Waals surface area contributed by atoms with Gasteiger partial charge in [0.2, 0.25) is 5.91 Å². The Kier molecular flexibility index (Phi) is 4.03. The number of carbonyl (C=O) groups is 1. The highest BCUT2D eigenvalue weighted by atomic mass is 16.2. The number of amides is 1. The standard InChI is InChI=1S/C15H17N5O/c1-9-5-6-10(2)13(7-9)17-15(21)12(4)20-11(3)14(8-16)18-19-20/h5-7,12H,1-4H3,(H,17,21). The van der Waals surface area contributed by atoms with Crippen molar-refractivity contribution in [3.63, 3.8) is 0 Å². The Morgan fingerprint density at radius 2 is 2.10 bits per heavy atom. The van der Waals surface area contributed by atoms with Crippen molar-refractivity contribution in [1.82, 2.24) is 15.0 Å². The van der Waals surface area contributed by atoms with E-state index in [0.717, 1.165) is 16.8 Å². The fourth-order valence-electron chi connectivity index (χ4n) is 2.03. The number of nitriles is 1. The van der Waals surface area contributed by atoms with Crippen LogP contribution in [0.4, 0.5) is 5.69 Å². The summed E-state index contributed by atoms with van der Waals surface area (Å²) < 4.78 is 1.46. The highest BCUT2D eigenvalue weighted by molar-refractivity contribution is 5.94. The van der Waals surface area contributed by atoms with Crippen LogP contribution in [0.3, 0.4) is 0 Å². The highest BCUT2D eigenvalue weighted by Gasteiger charge is 2.20. The van der Waals surface area contributed by atoms with Gasteiger partial charge in [0.1, 0.15) is 12.1 Å². The van der Waals surface area contributed by atoms with Crippen molar-refractivity contribution in [2.75, 3.05) is 5.32 Å². The second kappa shape index (κ2) is 5.75. The number of rotatable bonds is 3. The van der Waals surface area contributed by atoms with Gasteiger partial charge in [0.25, 0.3) is 0 Å². The van der Waals surface area contributed by atoms with Crippen LogP contribution < -0.4 is 5.32 Å². The number of nitrogens with zero attached hydrogens (tertiary/aromatic N) is 4. The lowest BCUT2D eigenvalue weighted by Crippen LogP contribution is -2.25. The average molecular weight is 283 g/mol. The lowest BCUT2D eigenvalue weighted by Gasteiger charge is -2.15. The molecule has 0 spiro atoms. The number of benzene rings is 1. The van der Waals surface area contributed by atoms with Gasteiger partial charge in [0.05, 0.1) is 5.69 Å². The maximum atomic E-state index is 12.3. The van der Waals surface area contributed by atoms with Crippen molar-refractivity contribution in [3.8, 4) is 6.07 Å². The zero-order valence-corrected chi connectivity index (χ0v) is 12.5. The van der Waals surface area contributed by atoms with E-state index in [1.165, 1.54) is 4.68 Å². The van der Waals surface area contributed by atoms with Crippen LogP contribution >= 0.6 is 0 Å². The number of aromatic nitrogens is 3. The third kappa shape index (κ3) is 2.92. The summed E-state index contributed by atoms with van der Waals surface area (Å²) in [7, 11) is 0. The molecule has 0 fully saturated rings. The second-order valence-corrected chi connectivity index (χ2v) is 5.06. The van der Waals surface area contributed by atoms with Crippen molar-refractivity contribution in [1.29, 1.82) is 5.26 Å². The van der Waals surface area contributed by atoms with E-state index < -0.39 is 6.04 Å². The molecule has 6 heteroatoms. The van der Waals surface area contributed by atoms with Gasteiger partial charge in [0, 0.05) is 5.69 Å². The zero-order valence-electron chi connectivity index (χ0n) is 12.5. The Morgan fingerprint density at radius 1 is 1.38 bits per heavy atom. The molecule has 1 aromatic heterocycles. The van der Waals surface area contributed by atoms with Gasteiger partial charge in [-0.25, -0.2) is 4.68 Å². The van der Waals surface area contributed by atoms with Crippen LogP contribution in [0, 0.1) is 32.1 Å². The largest absolute Gasteiger partial charge is 0.324 e. The number of aryl methyl sites for hydroxylation is 2. The van der Waals surface area contributed by atoms with Crippen LogP contribution in [0.2, 0.25) is 0 Å². The second-order valence-electron chi connectivity index (χ2n) is 5.06. The van der Waals surface area contributed by atoms with E-state index in [-0.39, 0.29) is 11.6 Å². The van der Waals surface area contributed by atoms with Gasteiger partial charge in [0.15, 0.2) is 5.69 Å². The maximum absolute atomic E-state index is 12.3. The minimum Gasteiger partial charge on any atom is -0.324 e. The minimum atomic E-state index is -0.542. The van der Waals surface area contributed by atoms with Gasteiger partial charge in [-0.3, -0.25) is 4.79 Å². The molecule has 0 aliphatic rings. The first-order valence-electron chi connectivity index (χ1n) is 6.64. The van der Waals surface area contributed by atoms with Crippen LogP contribution in [0.15, 0.2) is 18.2 Å². The first-order valence-corrected chi connectivity index (χ1v) is 6.64. The van der Waals surface area contributed by atoms with Gasteiger partial charge < -0.3 is 5.32 Å². The summed E-state index contributed by atoms with van der Waals surface area (Å²) in [6, 6.07) is 7.29. The third-order valence-corrected chi connectivity index (χ3v) is 3.43. The molecule has 1 atom stereocenters. The topological polar surface area (TPSA) is 83.6 Å². The molecule has 1 unspecified atom stereocenters. The molecule has 0 saturated heterocycles. The molecule has 2 rings (SSSR count). The Bertz CT molecular complexity index is 726. The summed E-state index contributed by atoms with van der Waals surface area (Å²) in [5.74, 6) is -0.193. The maximum Gasteiger partial charge on any atom is 0.249 e. The molecule has 1 N–H and O–H groups in total. The SMILES string of the molecule is Cc1ccc(C)c(NC(=O)C(C)n2nnc(C#N)c2C)c1. The molecule has 0 saturated carbocycles. The number of carbonyl (C=O) groups excluding carboxylic acids is 1. The van der Waals surface area contributed by atoms with Crippen molar-refractivity contribution in [3.05, 3.63) is 40.7 Å². The van der Waals surface area contributed by atoms with Crippen LogP contribution in [0.1, 0.15) is 35.5 Å². The van der Waals surface area contributed by atoms with E-state index in [9.17, 15) is 4.79 Å². The van der Waals surface area contributed by atoms with E-state index in [2.05, 4.69) is 15.6 Å². The molecule has 0 radical (unpaired) electrons. The van der Waals surface area contributed by atoms with Crippen molar-refractivity contribution in [2.45, 2.75) is 33.7 Å². The summed E-state index contributed by atoms with van der Waals surface area (Å²) >= 11 is 0. The normalized spacial score (nSPS) is 11.8. The van der Waals surface area contributed by atoms with E-state index in [4.69, 9.17) is 5.26 Å². The first kappa shape index (κ1) is 14.7. The lowest BCUT2D eigenvalue weighted by atomic mass is 10.1. The predicted octanol–water partition coefficient (Wildman–Crippen LogP) is 2.27.